The van der Waals surface area contributed by atoms with Crippen LogP contribution >= 0.6 is 0 Å². The summed E-state index contributed by atoms with van der Waals surface area (Å²) in [5.41, 5.74) is 5.90. The molecular formula is C9H13N3O. The number of nitrogens with two attached hydrogens (primary N) is 1. The summed E-state index contributed by atoms with van der Waals surface area (Å²) in [6.07, 6.45) is -0.620. The largest absolute Gasteiger partial charge is 0.387 e. The molecule has 0 aliphatic heterocycles. The van der Waals surface area contributed by atoms with Crippen LogP contribution in [0.25, 0.3) is 0 Å². The van der Waals surface area contributed by atoms with Crippen LogP contribution in [0.2, 0.25) is 0 Å². The first-order chi connectivity index (χ1) is 6.20. The van der Waals surface area contributed by atoms with E-state index in [4.69, 9.17) is 11.1 Å². The van der Waals surface area contributed by atoms with Crippen molar-refractivity contribution in [3.8, 4) is 0 Å². The van der Waals surface area contributed by atoms with Crippen LogP contribution in [0, 0.1) is 5.41 Å². The number of benzene rings is 1. The number of hydrogen-bond donors (Lipinski definition) is 4. The fourth-order valence-corrected chi connectivity index (χ4v) is 1.000. The fourth-order valence-electron chi connectivity index (χ4n) is 1.000. The van der Waals surface area contributed by atoms with Crippen LogP contribution in [-0.2, 0) is 0 Å². The van der Waals surface area contributed by atoms with E-state index in [9.17, 15) is 5.11 Å². The molecule has 0 aromatic heterocycles. The minimum Gasteiger partial charge on any atom is -0.387 e. The van der Waals surface area contributed by atoms with Crippen LogP contribution < -0.4 is 11.1 Å². The van der Waals surface area contributed by atoms with Gasteiger partial charge in [-0.05, 0) is 5.56 Å². The Bertz CT molecular complexity index is 273. The van der Waals surface area contributed by atoms with E-state index in [-0.39, 0.29) is 12.5 Å². The third-order valence-corrected chi connectivity index (χ3v) is 1.67. The zero-order chi connectivity index (χ0) is 9.68. The molecular weight excluding hydrogens is 166 g/mol. The lowest BCUT2D eigenvalue weighted by Gasteiger charge is -2.11. The first-order valence-corrected chi connectivity index (χ1v) is 4.01. The van der Waals surface area contributed by atoms with Gasteiger partial charge in [-0.2, -0.15) is 0 Å². The third kappa shape index (κ3) is 3.13. The SMILES string of the molecule is N=C(N)NC[C@H](O)c1ccccc1. The molecule has 4 nitrogen and oxygen atoms in total. The van der Waals surface area contributed by atoms with E-state index in [1.807, 2.05) is 30.3 Å². The van der Waals surface area contributed by atoms with Crippen LogP contribution in [0.1, 0.15) is 11.7 Å². The van der Waals surface area contributed by atoms with Gasteiger partial charge in [0, 0.05) is 6.54 Å². The van der Waals surface area contributed by atoms with E-state index in [1.165, 1.54) is 0 Å². The molecule has 4 heteroatoms. The van der Waals surface area contributed by atoms with Crippen molar-refractivity contribution in [1.29, 1.82) is 5.41 Å². The highest BCUT2D eigenvalue weighted by atomic mass is 16.3. The summed E-state index contributed by atoms with van der Waals surface area (Å²) in [5, 5.41) is 19.0. The Hall–Kier alpha value is -1.55. The Morgan fingerprint density at radius 3 is 2.62 bits per heavy atom. The van der Waals surface area contributed by atoms with Gasteiger partial charge in [-0.1, -0.05) is 30.3 Å². The van der Waals surface area contributed by atoms with Gasteiger partial charge >= 0.3 is 0 Å². The van der Waals surface area contributed by atoms with Gasteiger partial charge in [0.1, 0.15) is 0 Å². The lowest BCUT2D eigenvalue weighted by molar-refractivity contribution is 0.181. The average molecular weight is 179 g/mol. The summed E-state index contributed by atoms with van der Waals surface area (Å²) in [5.74, 6) is -0.130. The van der Waals surface area contributed by atoms with Crippen LogP contribution in [-0.4, -0.2) is 17.6 Å². The topological polar surface area (TPSA) is 82.1 Å². The molecule has 0 saturated carbocycles. The van der Waals surface area contributed by atoms with Gasteiger partial charge in [0.2, 0.25) is 0 Å². The molecule has 0 fully saturated rings. The Labute approximate surface area is 76.9 Å². The number of hydrogen-bond acceptors (Lipinski definition) is 2. The van der Waals surface area contributed by atoms with Crippen LogP contribution in [0.5, 0.6) is 0 Å². The van der Waals surface area contributed by atoms with E-state index >= 15 is 0 Å². The average Bonchev–Trinajstić information content (AvgIpc) is 2.15. The van der Waals surface area contributed by atoms with Crippen LogP contribution in [0.3, 0.4) is 0 Å². The van der Waals surface area contributed by atoms with E-state index < -0.39 is 6.10 Å². The lowest BCUT2D eigenvalue weighted by atomic mass is 10.1. The smallest absolute Gasteiger partial charge is 0.185 e. The monoisotopic (exact) mass is 179 g/mol. The quantitative estimate of drug-likeness (QED) is 0.395. The second-order valence-corrected chi connectivity index (χ2v) is 2.72. The van der Waals surface area contributed by atoms with E-state index in [0.717, 1.165) is 5.56 Å². The number of guanidine groups is 1. The van der Waals surface area contributed by atoms with Crippen molar-refractivity contribution in [3.63, 3.8) is 0 Å². The standard InChI is InChI=1S/C9H13N3O/c10-9(11)12-6-8(13)7-4-2-1-3-5-7/h1-5,8,13H,6H2,(H4,10,11,12)/t8-/m0/s1. The van der Waals surface area contributed by atoms with Crippen molar-refractivity contribution in [2.45, 2.75) is 6.10 Å². The molecule has 1 atom stereocenters. The Kier molecular flexibility index (Phi) is 3.28. The molecule has 1 aromatic carbocycles. The summed E-state index contributed by atoms with van der Waals surface area (Å²) in [6, 6.07) is 9.24. The molecule has 0 saturated heterocycles. The van der Waals surface area contributed by atoms with Gasteiger partial charge in [-0.25, -0.2) is 0 Å². The highest BCUT2D eigenvalue weighted by Crippen LogP contribution is 2.09. The first kappa shape index (κ1) is 9.54. The van der Waals surface area contributed by atoms with Gasteiger partial charge < -0.3 is 16.2 Å². The van der Waals surface area contributed by atoms with Crippen molar-refractivity contribution in [1.82, 2.24) is 5.32 Å². The second kappa shape index (κ2) is 4.47. The molecule has 13 heavy (non-hydrogen) atoms. The normalized spacial score (nSPS) is 12.1. The molecule has 0 bridgehead atoms. The van der Waals surface area contributed by atoms with Gasteiger partial charge in [0.25, 0.3) is 0 Å². The highest BCUT2D eigenvalue weighted by Gasteiger charge is 2.05. The van der Waals surface area contributed by atoms with Crippen LogP contribution in [0.15, 0.2) is 30.3 Å². The molecule has 0 aliphatic rings. The Balaban J connectivity index is 2.49. The summed E-state index contributed by atoms with van der Waals surface area (Å²) < 4.78 is 0. The van der Waals surface area contributed by atoms with Crippen molar-refractivity contribution in [2.24, 2.45) is 5.73 Å². The predicted octanol–water partition coefficient (Wildman–Crippen LogP) is 0.203. The minimum atomic E-state index is -0.620. The molecule has 0 unspecified atom stereocenters. The summed E-state index contributed by atoms with van der Waals surface area (Å²) in [7, 11) is 0. The molecule has 5 N–H and O–H groups in total. The fraction of sp³-hybridized carbons (Fsp3) is 0.222. The maximum absolute atomic E-state index is 9.55. The van der Waals surface area contributed by atoms with Gasteiger partial charge in [0.15, 0.2) is 5.96 Å². The van der Waals surface area contributed by atoms with Crippen LogP contribution in [0.4, 0.5) is 0 Å². The second-order valence-electron chi connectivity index (χ2n) is 2.72. The molecule has 1 aromatic rings. The van der Waals surface area contributed by atoms with Gasteiger partial charge in [0.05, 0.1) is 6.10 Å². The Morgan fingerprint density at radius 2 is 2.08 bits per heavy atom. The first-order valence-electron chi connectivity index (χ1n) is 4.01. The summed E-state index contributed by atoms with van der Waals surface area (Å²) in [4.78, 5) is 0. The maximum atomic E-state index is 9.55. The molecule has 0 heterocycles. The molecule has 70 valence electrons. The van der Waals surface area contributed by atoms with Gasteiger partial charge in [-0.3, -0.25) is 5.41 Å². The Morgan fingerprint density at radius 1 is 1.46 bits per heavy atom. The van der Waals surface area contributed by atoms with Crippen molar-refractivity contribution in [2.75, 3.05) is 6.54 Å². The number of nitrogens with one attached hydrogen (secondary N) is 2. The predicted molar refractivity (Wildman–Crippen MR) is 51.3 cm³/mol. The van der Waals surface area contributed by atoms with Crippen molar-refractivity contribution in [3.05, 3.63) is 35.9 Å². The molecule has 0 aliphatic carbocycles. The molecule has 0 radical (unpaired) electrons. The number of aliphatic hydroxyl groups is 1. The number of rotatable bonds is 3. The van der Waals surface area contributed by atoms with Crippen molar-refractivity contribution >= 4 is 5.96 Å². The molecule has 1 rings (SSSR count). The zero-order valence-electron chi connectivity index (χ0n) is 7.20. The van der Waals surface area contributed by atoms with Crippen molar-refractivity contribution < 1.29 is 5.11 Å². The maximum Gasteiger partial charge on any atom is 0.185 e. The van der Waals surface area contributed by atoms with E-state index in [0.29, 0.717) is 0 Å². The van der Waals surface area contributed by atoms with Gasteiger partial charge in [-0.15, -0.1) is 0 Å². The summed E-state index contributed by atoms with van der Waals surface area (Å²) in [6.45, 7) is 0.263. The highest BCUT2D eigenvalue weighted by molar-refractivity contribution is 5.74. The lowest BCUT2D eigenvalue weighted by Crippen LogP contribution is -2.33. The molecule has 0 amide bonds. The zero-order valence-corrected chi connectivity index (χ0v) is 7.20. The van der Waals surface area contributed by atoms with E-state index in [2.05, 4.69) is 5.32 Å². The minimum absolute atomic E-state index is 0.130. The molecule has 0 spiro atoms. The summed E-state index contributed by atoms with van der Waals surface area (Å²) >= 11 is 0. The number of aliphatic hydroxyl groups excluding tert-OH is 1. The third-order valence-electron chi connectivity index (χ3n) is 1.67. The van der Waals surface area contributed by atoms with E-state index in [1.54, 1.807) is 0 Å².